The summed E-state index contributed by atoms with van der Waals surface area (Å²) in [6, 6.07) is 22.2. The molecule has 0 aliphatic rings. The van der Waals surface area contributed by atoms with Crippen molar-refractivity contribution in [2.45, 2.75) is 71.9 Å². The fourth-order valence-corrected chi connectivity index (χ4v) is 5.86. The number of aromatic nitrogens is 3. The van der Waals surface area contributed by atoms with E-state index in [-0.39, 0.29) is 18.0 Å². The number of unbranched alkanes of at least 4 members (excludes halogenated alkanes) is 1. The number of aliphatic hydroxyl groups is 1. The van der Waals surface area contributed by atoms with E-state index >= 15 is 0 Å². The number of carbonyl (C=O) groups excluding carboxylic acids is 1. The highest BCUT2D eigenvalue weighted by Crippen LogP contribution is 2.28. The lowest BCUT2D eigenvalue weighted by Crippen LogP contribution is -2.28. The Morgan fingerprint density at radius 1 is 1.06 bits per heavy atom. The molecule has 3 aromatic carbocycles. The van der Waals surface area contributed by atoms with Crippen LogP contribution in [-0.4, -0.2) is 55.5 Å². The third-order valence-corrected chi connectivity index (χ3v) is 8.41. The molecule has 5 aromatic rings. The molecule has 252 valence electrons. The van der Waals surface area contributed by atoms with Crippen molar-refractivity contribution in [1.82, 2.24) is 25.2 Å². The number of nitrogens with zero attached hydrogens (tertiary/aromatic N) is 2. The number of imidazole rings is 1. The van der Waals surface area contributed by atoms with E-state index in [4.69, 9.17) is 16.3 Å². The minimum atomic E-state index is -0.991. The first kappa shape index (κ1) is 34.7. The number of H-pyrrole nitrogens is 1. The predicted molar refractivity (Wildman–Crippen MR) is 188 cm³/mol. The molecule has 1 atom stereocenters. The second kappa shape index (κ2) is 16.0. The third kappa shape index (κ3) is 8.44. The number of nitrogens with one attached hydrogen (secondary N) is 3. The molecular formula is C37H42ClN5O5. The summed E-state index contributed by atoms with van der Waals surface area (Å²) in [5, 5.41) is 27.3. The minimum Gasteiger partial charge on any atom is -0.478 e. The van der Waals surface area contributed by atoms with Gasteiger partial charge in [0.25, 0.3) is 5.91 Å². The van der Waals surface area contributed by atoms with Crippen molar-refractivity contribution < 1.29 is 24.5 Å². The first-order chi connectivity index (χ1) is 23.1. The highest BCUT2D eigenvalue weighted by molar-refractivity contribution is 6.30. The van der Waals surface area contributed by atoms with E-state index < -0.39 is 12.3 Å². The number of carboxylic acid groups (broad SMARTS) is 1. The molecule has 0 aliphatic carbocycles. The Bertz CT molecular complexity index is 1860. The molecule has 1 unspecified atom stereocenters. The minimum absolute atomic E-state index is 0.154. The number of halogens is 1. The summed E-state index contributed by atoms with van der Waals surface area (Å²) < 4.78 is 7.86. The quantitative estimate of drug-likeness (QED) is 0.0728. The molecule has 11 heteroatoms. The number of amides is 1. The Morgan fingerprint density at radius 3 is 2.56 bits per heavy atom. The van der Waals surface area contributed by atoms with Crippen molar-refractivity contribution >= 4 is 34.4 Å². The molecule has 48 heavy (non-hydrogen) atoms. The van der Waals surface area contributed by atoms with E-state index in [1.807, 2.05) is 60.9 Å². The molecule has 2 aromatic heterocycles. The number of ether oxygens (including phenoxy) is 1. The van der Waals surface area contributed by atoms with E-state index in [9.17, 15) is 19.8 Å². The number of carboxylic acids is 1. The van der Waals surface area contributed by atoms with Gasteiger partial charge in [0, 0.05) is 42.9 Å². The van der Waals surface area contributed by atoms with Crippen LogP contribution in [0.4, 0.5) is 0 Å². The Morgan fingerprint density at radius 2 is 1.83 bits per heavy atom. The SMILES string of the molecule is CCCCc1nc(Cl)c(CNC(=O)c2cc3c(OC(O)CCNC(C)C)cccc3[nH]2)n1Cc1ccc(-c2ccccc2C(=O)O)cc1. The molecule has 0 fully saturated rings. The number of hydrogen-bond acceptors (Lipinski definition) is 6. The highest BCUT2D eigenvalue weighted by Gasteiger charge is 2.19. The summed E-state index contributed by atoms with van der Waals surface area (Å²) in [5.41, 5.74) is 4.44. The molecule has 5 N–H and O–H groups in total. The summed E-state index contributed by atoms with van der Waals surface area (Å²) in [4.78, 5) is 32.9. The van der Waals surface area contributed by atoms with Crippen LogP contribution in [0.1, 0.15) is 78.0 Å². The maximum atomic E-state index is 13.4. The number of aryl methyl sites for hydroxylation is 1. The largest absolute Gasteiger partial charge is 0.478 e. The molecule has 0 radical (unpaired) electrons. The predicted octanol–water partition coefficient (Wildman–Crippen LogP) is 6.79. The van der Waals surface area contributed by atoms with E-state index in [2.05, 4.69) is 27.5 Å². The van der Waals surface area contributed by atoms with E-state index in [1.54, 1.807) is 30.3 Å². The first-order valence-electron chi connectivity index (χ1n) is 16.3. The zero-order valence-corrected chi connectivity index (χ0v) is 28.2. The van der Waals surface area contributed by atoms with Gasteiger partial charge < -0.3 is 35.1 Å². The molecule has 0 bridgehead atoms. The van der Waals surface area contributed by atoms with Gasteiger partial charge in [-0.15, -0.1) is 0 Å². The monoisotopic (exact) mass is 671 g/mol. The lowest BCUT2D eigenvalue weighted by atomic mass is 9.99. The van der Waals surface area contributed by atoms with Crippen molar-refractivity contribution in [2.75, 3.05) is 6.54 Å². The Kier molecular flexibility index (Phi) is 11.5. The van der Waals surface area contributed by atoms with Crippen molar-refractivity contribution in [3.63, 3.8) is 0 Å². The van der Waals surface area contributed by atoms with Gasteiger partial charge in [0.05, 0.1) is 17.8 Å². The van der Waals surface area contributed by atoms with Crippen molar-refractivity contribution in [1.29, 1.82) is 0 Å². The second-order valence-electron chi connectivity index (χ2n) is 12.1. The van der Waals surface area contributed by atoms with Gasteiger partial charge in [-0.2, -0.15) is 0 Å². The number of fused-ring (bicyclic) bond motifs is 1. The van der Waals surface area contributed by atoms with E-state index in [1.165, 1.54) is 0 Å². The lowest BCUT2D eigenvalue weighted by Gasteiger charge is -2.15. The molecule has 0 spiro atoms. The van der Waals surface area contributed by atoms with Gasteiger partial charge in [-0.05, 0) is 47.4 Å². The zero-order valence-electron chi connectivity index (χ0n) is 27.4. The molecule has 1 amide bonds. The molecule has 0 aliphatic heterocycles. The highest BCUT2D eigenvalue weighted by atomic mass is 35.5. The van der Waals surface area contributed by atoms with Crippen LogP contribution >= 0.6 is 11.6 Å². The molecule has 2 heterocycles. The molecule has 10 nitrogen and oxygen atoms in total. The van der Waals surface area contributed by atoms with Gasteiger partial charge in [0.2, 0.25) is 0 Å². The lowest BCUT2D eigenvalue weighted by molar-refractivity contribution is -0.0215. The van der Waals surface area contributed by atoms with Crippen LogP contribution in [0.2, 0.25) is 5.15 Å². The summed E-state index contributed by atoms with van der Waals surface area (Å²) in [6.45, 7) is 7.44. The number of aliphatic hydroxyl groups excluding tert-OH is 1. The van der Waals surface area contributed by atoms with Crippen LogP contribution in [-0.2, 0) is 19.5 Å². The standard InChI is InChI=1S/C37H42ClN5O5/c1-4-5-13-33-42-35(38)31(43(33)22-24-14-16-25(17-15-24)26-9-6-7-10-27(26)37(46)47)21-40-36(45)30-20-28-29(41-30)11-8-12-32(28)48-34(44)18-19-39-23(2)3/h6-12,14-17,20,23,34,39,41,44H,4-5,13,18-19,21-22H2,1-3H3,(H,40,45)(H,46,47). The maximum absolute atomic E-state index is 13.4. The average Bonchev–Trinajstić information content (AvgIpc) is 3.64. The van der Waals surface area contributed by atoms with Crippen LogP contribution in [0.15, 0.2) is 72.8 Å². The topological polar surface area (TPSA) is 142 Å². The van der Waals surface area contributed by atoms with Gasteiger partial charge in [-0.25, -0.2) is 9.78 Å². The van der Waals surface area contributed by atoms with Gasteiger partial charge >= 0.3 is 5.97 Å². The van der Waals surface area contributed by atoms with Crippen LogP contribution in [0.25, 0.3) is 22.0 Å². The van der Waals surface area contributed by atoms with Crippen molar-refractivity contribution in [3.05, 3.63) is 106 Å². The molecule has 0 saturated carbocycles. The maximum Gasteiger partial charge on any atom is 0.336 e. The van der Waals surface area contributed by atoms with Crippen molar-refractivity contribution in [2.24, 2.45) is 0 Å². The summed E-state index contributed by atoms with van der Waals surface area (Å²) in [6.07, 6.45) is 2.09. The number of benzene rings is 3. The zero-order chi connectivity index (χ0) is 34.2. The van der Waals surface area contributed by atoms with Crippen LogP contribution in [0.5, 0.6) is 5.75 Å². The second-order valence-corrected chi connectivity index (χ2v) is 12.4. The number of hydrogen-bond donors (Lipinski definition) is 5. The smallest absolute Gasteiger partial charge is 0.336 e. The number of carbonyl (C=O) groups is 2. The summed E-state index contributed by atoms with van der Waals surface area (Å²) in [5.74, 6) is 0.0273. The average molecular weight is 672 g/mol. The summed E-state index contributed by atoms with van der Waals surface area (Å²) >= 11 is 6.67. The fourth-order valence-electron chi connectivity index (χ4n) is 5.59. The molecular weight excluding hydrogens is 630 g/mol. The molecule has 0 saturated heterocycles. The number of rotatable bonds is 16. The van der Waals surface area contributed by atoms with Gasteiger partial charge in [0.15, 0.2) is 11.4 Å². The van der Waals surface area contributed by atoms with Gasteiger partial charge in [-0.3, -0.25) is 4.79 Å². The van der Waals surface area contributed by atoms with Crippen LogP contribution < -0.4 is 15.4 Å². The number of aromatic amines is 1. The number of aromatic carboxylic acids is 1. The normalized spacial score (nSPS) is 12.0. The Balaban J connectivity index is 1.32. The van der Waals surface area contributed by atoms with E-state index in [0.29, 0.717) is 64.3 Å². The van der Waals surface area contributed by atoms with Crippen molar-refractivity contribution in [3.8, 4) is 16.9 Å². The van der Waals surface area contributed by atoms with Gasteiger partial charge in [0.1, 0.15) is 17.3 Å². The Hall–Kier alpha value is -4.64. The van der Waals surface area contributed by atoms with Gasteiger partial charge in [-0.1, -0.05) is 87.3 Å². The molecule has 5 rings (SSSR count). The Labute approximate surface area is 285 Å². The van der Waals surface area contributed by atoms with Crippen LogP contribution in [0, 0.1) is 0 Å². The fraction of sp³-hybridized carbons (Fsp3) is 0.324. The van der Waals surface area contributed by atoms with E-state index in [0.717, 1.165) is 36.2 Å². The first-order valence-corrected chi connectivity index (χ1v) is 16.7. The summed E-state index contributed by atoms with van der Waals surface area (Å²) in [7, 11) is 0. The van der Waals surface area contributed by atoms with Crippen LogP contribution in [0.3, 0.4) is 0 Å². The third-order valence-electron chi connectivity index (χ3n) is 8.11.